The van der Waals surface area contributed by atoms with Gasteiger partial charge in [-0.15, -0.1) is 0 Å². The van der Waals surface area contributed by atoms with Gasteiger partial charge in [0.15, 0.2) is 0 Å². The number of aryl methyl sites for hydroxylation is 1. The molecule has 1 N–H and O–H groups in total. The van der Waals surface area contributed by atoms with E-state index in [4.69, 9.17) is 12.2 Å². The van der Waals surface area contributed by atoms with E-state index in [1.807, 2.05) is 39.8 Å². The van der Waals surface area contributed by atoms with Gasteiger partial charge in [0.1, 0.15) is 15.8 Å². The topological polar surface area (TPSA) is 66.7 Å². The molecule has 1 amide bonds. The molecule has 8 heteroatoms. The maximum absolute atomic E-state index is 13.2. The molecule has 148 valence electrons. The molecule has 1 aliphatic heterocycles. The van der Waals surface area contributed by atoms with Gasteiger partial charge in [0.25, 0.3) is 11.5 Å². The van der Waals surface area contributed by atoms with Crippen molar-refractivity contribution in [1.29, 1.82) is 0 Å². The molecular formula is C20H24N4O2S2. The van der Waals surface area contributed by atoms with Gasteiger partial charge in [0, 0.05) is 18.8 Å². The lowest BCUT2D eigenvalue weighted by molar-refractivity contribution is -0.123. The summed E-state index contributed by atoms with van der Waals surface area (Å²) in [6, 6.07) is 3.76. The van der Waals surface area contributed by atoms with Crippen LogP contribution in [0.5, 0.6) is 0 Å². The number of carbonyl (C=O) groups excluding carboxylic acids is 1. The Kier molecular flexibility index (Phi) is 6.20. The van der Waals surface area contributed by atoms with Crippen molar-refractivity contribution < 1.29 is 4.79 Å². The summed E-state index contributed by atoms with van der Waals surface area (Å²) in [4.78, 5) is 32.8. The molecule has 0 bridgehead atoms. The second-order valence-corrected chi connectivity index (χ2v) is 8.48. The third-order valence-corrected chi connectivity index (χ3v) is 6.09. The summed E-state index contributed by atoms with van der Waals surface area (Å²) in [5.41, 5.74) is 1.69. The van der Waals surface area contributed by atoms with Crippen LogP contribution in [0.3, 0.4) is 0 Å². The Hall–Kier alpha value is -2.19. The van der Waals surface area contributed by atoms with Gasteiger partial charge < -0.3 is 5.32 Å². The van der Waals surface area contributed by atoms with Gasteiger partial charge in [0.05, 0.1) is 10.5 Å². The molecule has 0 saturated carbocycles. The smallest absolute Gasteiger partial charge is 0.267 e. The summed E-state index contributed by atoms with van der Waals surface area (Å²) in [5, 5.41) is 3.23. The average Bonchev–Trinajstić information content (AvgIpc) is 2.96. The van der Waals surface area contributed by atoms with Crippen LogP contribution in [0.15, 0.2) is 28.0 Å². The SMILES string of the molecule is CCCNc1nc2c(C)cccn2c(=O)c1/C=C1\SC(=S)N(C(C)CC)C1=O. The monoisotopic (exact) mass is 416 g/mol. The molecule has 2 aromatic heterocycles. The first-order valence-corrected chi connectivity index (χ1v) is 10.6. The molecule has 3 heterocycles. The van der Waals surface area contributed by atoms with E-state index < -0.39 is 0 Å². The van der Waals surface area contributed by atoms with Crippen LogP contribution in [0.2, 0.25) is 0 Å². The van der Waals surface area contributed by atoms with Crippen molar-refractivity contribution in [2.45, 2.75) is 46.6 Å². The molecule has 1 saturated heterocycles. The Morgan fingerprint density at radius 2 is 2.11 bits per heavy atom. The van der Waals surface area contributed by atoms with Crippen LogP contribution in [0, 0.1) is 6.92 Å². The minimum Gasteiger partial charge on any atom is -0.369 e. The molecule has 0 aliphatic carbocycles. The van der Waals surface area contributed by atoms with Crippen molar-refractivity contribution in [3.05, 3.63) is 44.7 Å². The van der Waals surface area contributed by atoms with Gasteiger partial charge in [0.2, 0.25) is 0 Å². The van der Waals surface area contributed by atoms with Crippen LogP contribution in [0.4, 0.5) is 5.82 Å². The lowest BCUT2D eigenvalue weighted by Gasteiger charge is -2.21. The van der Waals surface area contributed by atoms with Crippen LogP contribution in [-0.4, -0.2) is 37.1 Å². The predicted molar refractivity (Wildman–Crippen MR) is 120 cm³/mol. The normalized spacial score (nSPS) is 17.0. The Bertz CT molecular complexity index is 1030. The van der Waals surface area contributed by atoms with Gasteiger partial charge in [-0.3, -0.25) is 18.9 Å². The second kappa shape index (κ2) is 8.45. The predicted octanol–water partition coefficient (Wildman–Crippen LogP) is 3.82. The van der Waals surface area contributed by atoms with E-state index in [1.54, 1.807) is 17.2 Å². The molecule has 0 radical (unpaired) electrons. The largest absolute Gasteiger partial charge is 0.369 e. The van der Waals surface area contributed by atoms with Crippen molar-refractivity contribution in [3.8, 4) is 0 Å². The van der Waals surface area contributed by atoms with Crippen molar-refractivity contribution in [3.63, 3.8) is 0 Å². The molecule has 3 rings (SSSR count). The van der Waals surface area contributed by atoms with Gasteiger partial charge in [-0.25, -0.2) is 4.98 Å². The Labute approximate surface area is 174 Å². The zero-order chi connectivity index (χ0) is 20.4. The number of thiocarbonyl (C=S) groups is 1. The van der Waals surface area contributed by atoms with Crippen LogP contribution >= 0.6 is 24.0 Å². The van der Waals surface area contributed by atoms with Crippen molar-refractivity contribution in [2.24, 2.45) is 0 Å². The number of amides is 1. The highest BCUT2D eigenvalue weighted by atomic mass is 32.2. The van der Waals surface area contributed by atoms with Crippen LogP contribution in [-0.2, 0) is 4.79 Å². The first-order chi connectivity index (χ1) is 13.4. The van der Waals surface area contributed by atoms with Gasteiger partial charge in [-0.1, -0.05) is 43.9 Å². The third-order valence-electron chi connectivity index (χ3n) is 4.76. The Morgan fingerprint density at radius 3 is 2.79 bits per heavy atom. The fraction of sp³-hybridized carbons (Fsp3) is 0.400. The molecule has 2 aromatic rings. The lowest BCUT2D eigenvalue weighted by atomic mass is 10.2. The van der Waals surface area contributed by atoms with E-state index in [1.165, 1.54) is 16.2 Å². The number of nitrogens with one attached hydrogen (secondary N) is 1. The fourth-order valence-corrected chi connectivity index (χ4v) is 4.44. The van der Waals surface area contributed by atoms with Crippen LogP contribution < -0.4 is 10.9 Å². The zero-order valence-corrected chi connectivity index (χ0v) is 18.1. The number of aromatic nitrogens is 2. The minimum atomic E-state index is -0.207. The van der Waals surface area contributed by atoms with Gasteiger partial charge in [-0.2, -0.15) is 0 Å². The minimum absolute atomic E-state index is 0.0227. The maximum atomic E-state index is 13.2. The van der Waals surface area contributed by atoms with E-state index in [9.17, 15) is 9.59 Å². The lowest BCUT2D eigenvalue weighted by Crippen LogP contribution is -2.36. The zero-order valence-electron chi connectivity index (χ0n) is 16.5. The quantitative estimate of drug-likeness (QED) is 0.570. The highest BCUT2D eigenvalue weighted by molar-refractivity contribution is 8.26. The molecular weight excluding hydrogens is 392 g/mol. The number of hydrogen-bond acceptors (Lipinski definition) is 6. The number of rotatable bonds is 6. The summed E-state index contributed by atoms with van der Waals surface area (Å²) < 4.78 is 2.05. The standard InChI is InChI=1S/C20H24N4O2S2/c1-5-9-21-16-14(18(25)23-10-7-8-12(3)17(23)22-16)11-15-19(26)24(13(4)6-2)20(27)28-15/h7-8,10-11,13,21H,5-6,9H2,1-4H3/b15-11-. The number of pyridine rings is 1. The number of nitrogens with zero attached hydrogens (tertiary/aromatic N) is 3. The first-order valence-electron chi connectivity index (χ1n) is 9.41. The number of hydrogen-bond donors (Lipinski definition) is 1. The van der Waals surface area contributed by atoms with E-state index in [-0.39, 0.29) is 17.5 Å². The molecule has 1 atom stereocenters. The number of thioether (sulfide) groups is 1. The van der Waals surface area contributed by atoms with Crippen molar-refractivity contribution in [2.75, 3.05) is 11.9 Å². The summed E-state index contributed by atoms with van der Waals surface area (Å²) in [6.45, 7) is 8.63. The van der Waals surface area contributed by atoms with Crippen molar-refractivity contribution >= 4 is 51.7 Å². The number of carbonyl (C=O) groups is 1. The van der Waals surface area contributed by atoms with E-state index in [0.29, 0.717) is 32.8 Å². The van der Waals surface area contributed by atoms with Crippen LogP contribution in [0.25, 0.3) is 11.7 Å². The maximum Gasteiger partial charge on any atom is 0.267 e. The summed E-state index contributed by atoms with van der Waals surface area (Å²) >= 11 is 6.63. The fourth-order valence-electron chi connectivity index (χ4n) is 2.99. The third kappa shape index (κ3) is 3.71. The van der Waals surface area contributed by atoms with Gasteiger partial charge in [-0.05, 0) is 44.4 Å². The molecule has 1 aliphatic rings. The number of fused-ring (bicyclic) bond motifs is 1. The highest BCUT2D eigenvalue weighted by Gasteiger charge is 2.35. The summed E-state index contributed by atoms with van der Waals surface area (Å²) in [6.07, 6.45) is 5.03. The highest BCUT2D eigenvalue weighted by Crippen LogP contribution is 2.34. The van der Waals surface area contributed by atoms with Crippen molar-refractivity contribution in [1.82, 2.24) is 14.3 Å². The molecule has 28 heavy (non-hydrogen) atoms. The molecule has 6 nitrogen and oxygen atoms in total. The molecule has 0 spiro atoms. The molecule has 1 unspecified atom stereocenters. The Balaban J connectivity index is 2.15. The number of anilines is 1. The second-order valence-electron chi connectivity index (χ2n) is 6.80. The summed E-state index contributed by atoms with van der Waals surface area (Å²) in [5.74, 6) is 0.342. The van der Waals surface area contributed by atoms with Gasteiger partial charge >= 0.3 is 0 Å². The average molecular weight is 417 g/mol. The van der Waals surface area contributed by atoms with E-state index in [2.05, 4.69) is 10.3 Å². The van der Waals surface area contributed by atoms with E-state index in [0.717, 1.165) is 18.4 Å². The summed E-state index contributed by atoms with van der Waals surface area (Å²) in [7, 11) is 0. The molecule has 0 aromatic carbocycles. The van der Waals surface area contributed by atoms with Crippen LogP contribution in [0.1, 0.15) is 44.7 Å². The first kappa shape index (κ1) is 20.5. The Morgan fingerprint density at radius 1 is 1.36 bits per heavy atom. The molecule has 1 fully saturated rings. The van der Waals surface area contributed by atoms with E-state index >= 15 is 0 Å².